The molecule has 2 aliphatic rings. The summed E-state index contributed by atoms with van der Waals surface area (Å²) in [7, 11) is -4.37. The van der Waals surface area contributed by atoms with E-state index in [0.29, 0.717) is 24.1 Å². The van der Waals surface area contributed by atoms with E-state index in [-0.39, 0.29) is 5.82 Å². The van der Waals surface area contributed by atoms with Crippen LogP contribution in [0.15, 0.2) is 43.0 Å². The van der Waals surface area contributed by atoms with Crippen molar-refractivity contribution in [2.75, 3.05) is 24.6 Å². The van der Waals surface area contributed by atoms with Crippen LogP contribution in [0.3, 0.4) is 0 Å². The third kappa shape index (κ3) is 6.54. The van der Waals surface area contributed by atoms with E-state index in [2.05, 4.69) is 25.6 Å². The predicted octanol–water partition coefficient (Wildman–Crippen LogP) is 0.832. The molecule has 3 aromatic rings. The number of carboxylic acid groups (broad SMARTS) is 1. The first-order valence-corrected chi connectivity index (χ1v) is 14.6. The molecular weight excluding hydrogens is 561 g/mol. The van der Waals surface area contributed by atoms with Gasteiger partial charge >= 0.3 is 19.6 Å². The summed E-state index contributed by atoms with van der Waals surface area (Å²) >= 11 is 0. The molecule has 4 heterocycles. The lowest BCUT2D eigenvalue weighted by Gasteiger charge is -2.22. The summed E-state index contributed by atoms with van der Waals surface area (Å²) in [5.41, 5.74) is 7.05. The molecule has 2 saturated heterocycles. The number of rotatable bonds is 11. The van der Waals surface area contributed by atoms with Gasteiger partial charge in [0.25, 0.3) is 0 Å². The molecule has 4 unspecified atom stereocenters. The third-order valence-electron chi connectivity index (χ3n) is 6.54. The fourth-order valence-corrected chi connectivity index (χ4v) is 5.81. The van der Waals surface area contributed by atoms with Crippen LogP contribution in [0.25, 0.3) is 11.2 Å². The fraction of sp³-hybridized carbons (Fsp3) is 0.458. The Morgan fingerprint density at radius 3 is 2.66 bits per heavy atom. The number of anilines is 1. The highest BCUT2D eigenvalue weighted by molar-refractivity contribution is 7.52. The van der Waals surface area contributed by atoms with Crippen molar-refractivity contribution in [3.05, 3.63) is 48.5 Å². The van der Waals surface area contributed by atoms with Gasteiger partial charge in [-0.1, -0.05) is 30.3 Å². The number of carbonyl (C=O) groups is 2. The van der Waals surface area contributed by atoms with Gasteiger partial charge in [-0.25, -0.2) is 19.7 Å². The molecule has 0 bridgehead atoms. The van der Waals surface area contributed by atoms with Crippen LogP contribution in [-0.2, 0) is 34.5 Å². The van der Waals surface area contributed by atoms with Crippen LogP contribution in [0.4, 0.5) is 10.6 Å². The van der Waals surface area contributed by atoms with Gasteiger partial charge in [-0.15, -0.1) is 0 Å². The lowest BCUT2D eigenvalue weighted by Crippen LogP contribution is -2.35. The maximum atomic E-state index is 12.5. The maximum absolute atomic E-state index is 12.5. The fourth-order valence-electron chi connectivity index (χ4n) is 4.67. The van der Waals surface area contributed by atoms with Crippen LogP contribution < -0.4 is 16.4 Å². The number of amides is 2. The summed E-state index contributed by atoms with van der Waals surface area (Å²) in [6.45, 7) is 1.80. The number of nitrogens with zero attached hydrogens (tertiary/aromatic N) is 4. The van der Waals surface area contributed by atoms with E-state index in [1.54, 1.807) is 11.5 Å². The number of hydrogen-bond acceptors (Lipinski definition) is 11. The van der Waals surface area contributed by atoms with Crippen LogP contribution in [0, 0.1) is 0 Å². The van der Waals surface area contributed by atoms with E-state index >= 15 is 0 Å². The normalized spacial score (nSPS) is 25.9. The molecule has 5 rings (SSSR count). The van der Waals surface area contributed by atoms with Gasteiger partial charge < -0.3 is 39.8 Å². The van der Waals surface area contributed by atoms with E-state index in [0.717, 1.165) is 5.56 Å². The Morgan fingerprint density at radius 1 is 1.17 bits per heavy atom. The summed E-state index contributed by atoms with van der Waals surface area (Å²) in [6.07, 6.45) is -1.37. The van der Waals surface area contributed by atoms with Gasteiger partial charge in [0.2, 0.25) is 0 Å². The summed E-state index contributed by atoms with van der Waals surface area (Å²) in [5.74, 6) is -1.23. The first-order chi connectivity index (χ1) is 19.6. The highest BCUT2D eigenvalue weighted by atomic mass is 31.2. The lowest BCUT2D eigenvalue weighted by atomic mass is 10.1. The lowest BCUT2D eigenvalue weighted by molar-refractivity contribution is -0.148. The van der Waals surface area contributed by atoms with E-state index in [1.807, 2.05) is 30.3 Å². The minimum absolute atomic E-state index is 0.190. The van der Waals surface area contributed by atoms with Gasteiger partial charge in [-0.2, -0.15) is 0 Å². The number of ether oxygens (including phenoxy) is 3. The monoisotopic (exact) mass is 591 g/mol. The van der Waals surface area contributed by atoms with Crippen LogP contribution in [-0.4, -0.2) is 91.5 Å². The average Bonchev–Trinajstić information content (AvgIpc) is 3.62. The van der Waals surface area contributed by atoms with E-state index < -0.39 is 69.2 Å². The van der Waals surface area contributed by atoms with Crippen LogP contribution in [0.5, 0.6) is 0 Å². The highest BCUT2D eigenvalue weighted by Crippen LogP contribution is 2.46. The number of aromatic nitrogens is 4. The van der Waals surface area contributed by atoms with Gasteiger partial charge in [-0.3, -0.25) is 19.2 Å². The number of hydrogen-bond donors (Lipinski definition) is 5. The number of fused-ring (bicyclic) bond motifs is 2. The van der Waals surface area contributed by atoms with Crippen molar-refractivity contribution in [1.82, 2.24) is 24.8 Å². The van der Waals surface area contributed by atoms with Crippen molar-refractivity contribution in [3.63, 3.8) is 0 Å². The molecule has 2 aromatic heterocycles. The number of urea groups is 1. The van der Waals surface area contributed by atoms with E-state index in [1.165, 1.54) is 12.7 Å². The molecule has 16 nitrogen and oxygen atoms in total. The quantitative estimate of drug-likeness (QED) is 0.195. The zero-order valence-corrected chi connectivity index (χ0v) is 22.8. The molecule has 1 aromatic carbocycles. The van der Waals surface area contributed by atoms with Crippen molar-refractivity contribution < 1.29 is 42.9 Å². The molecule has 2 fully saturated rings. The van der Waals surface area contributed by atoms with Gasteiger partial charge in [0.1, 0.15) is 30.7 Å². The van der Waals surface area contributed by atoms with Gasteiger partial charge in [0.05, 0.1) is 19.1 Å². The maximum Gasteiger partial charge on any atom is 0.330 e. The zero-order chi connectivity index (χ0) is 29.1. The molecule has 0 aliphatic carbocycles. The van der Waals surface area contributed by atoms with Crippen molar-refractivity contribution in [1.29, 1.82) is 0 Å². The summed E-state index contributed by atoms with van der Waals surface area (Å²) in [4.78, 5) is 46.1. The number of carbonyl (C=O) groups excluding carboxylic acids is 1. The molecule has 220 valence electrons. The summed E-state index contributed by atoms with van der Waals surface area (Å²) in [6, 6.07) is 7.55. The Balaban J connectivity index is 1.39. The Labute approximate surface area is 233 Å². The molecule has 0 spiro atoms. The number of imidazole rings is 1. The largest absolute Gasteiger partial charge is 0.480 e. The first-order valence-electron chi connectivity index (χ1n) is 12.8. The molecule has 6 N–H and O–H groups in total. The predicted molar refractivity (Wildman–Crippen MR) is 142 cm³/mol. The first kappa shape index (κ1) is 29.0. The molecule has 0 saturated carbocycles. The Hall–Kier alpha value is -3.50. The van der Waals surface area contributed by atoms with Crippen molar-refractivity contribution in [2.45, 2.75) is 50.2 Å². The Kier molecular flexibility index (Phi) is 8.60. The second-order valence-corrected chi connectivity index (χ2v) is 11.4. The second kappa shape index (κ2) is 12.2. The highest BCUT2D eigenvalue weighted by Gasteiger charge is 2.54. The SMILES string of the molecule is CCNC(=O)Nc1ncnc2c1ncn2[C@@H]1O[C@H](COP(=O)(O)CC(N)C(=O)O)C2OC(Cc3ccccc3)O[C@@H]21. The van der Waals surface area contributed by atoms with Crippen LogP contribution >= 0.6 is 7.60 Å². The second-order valence-electron chi connectivity index (χ2n) is 9.48. The third-order valence-corrected chi connectivity index (χ3v) is 7.94. The molecule has 7 atom stereocenters. The number of aliphatic carboxylic acids is 1. The number of benzene rings is 1. The topological polar surface area (TPSA) is 222 Å². The van der Waals surface area contributed by atoms with Crippen molar-refractivity contribution in [3.8, 4) is 0 Å². The van der Waals surface area contributed by atoms with Gasteiger partial charge in [-0.05, 0) is 12.5 Å². The Morgan fingerprint density at radius 2 is 1.93 bits per heavy atom. The number of carboxylic acids is 1. The van der Waals surface area contributed by atoms with Gasteiger partial charge in [0, 0.05) is 13.0 Å². The van der Waals surface area contributed by atoms with Gasteiger partial charge in [0.15, 0.2) is 29.5 Å². The molecule has 17 heteroatoms. The molecular formula is C24H30N7O9P. The van der Waals surface area contributed by atoms with Crippen LogP contribution in [0.2, 0.25) is 0 Å². The smallest absolute Gasteiger partial charge is 0.330 e. The summed E-state index contributed by atoms with van der Waals surface area (Å²) in [5, 5.41) is 14.3. The minimum atomic E-state index is -4.37. The van der Waals surface area contributed by atoms with E-state index in [9.17, 15) is 19.0 Å². The molecule has 2 amide bonds. The summed E-state index contributed by atoms with van der Waals surface area (Å²) < 4.78 is 38.0. The number of nitrogens with two attached hydrogens (primary N) is 1. The molecule has 2 aliphatic heterocycles. The zero-order valence-electron chi connectivity index (χ0n) is 21.9. The average molecular weight is 592 g/mol. The number of nitrogens with one attached hydrogen (secondary N) is 2. The minimum Gasteiger partial charge on any atom is -0.480 e. The van der Waals surface area contributed by atoms with Crippen molar-refractivity contribution >= 4 is 36.6 Å². The molecule has 0 radical (unpaired) electrons. The van der Waals surface area contributed by atoms with E-state index in [4.69, 9.17) is 29.6 Å². The van der Waals surface area contributed by atoms with Crippen LogP contribution in [0.1, 0.15) is 18.7 Å². The molecule has 41 heavy (non-hydrogen) atoms. The standard InChI is InChI=1S/C24H30N7O9P/c1-2-26-24(34)30-20-17-21(28-11-27-20)31(12-29-17)22-19-18(39-16(40-19)8-13-6-4-3-5-7-13)15(38-22)9-37-41(35,36)10-14(25)23(32)33/h3-7,11-12,14-16,18-19,22H,2,8-10,25H2,1H3,(H,32,33)(H,35,36)(H2,26,27,28,30,34)/t14?,15-,16?,18?,19+,22-/m1/s1. The van der Waals surface area contributed by atoms with Crippen molar-refractivity contribution in [2.24, 2.45) is 5.73 Å². The Bertz CT molecular complexity index is 1440.